The molecule has 0 saturated carbocycles. The number of rotatable bonds is 6. The average Bonchev–Trinajstić information content (AvgIpc) is 3.23. The minimum Gasteiger partial charge on any atom is -0.377 e. The van der Waals surface area contributed by atoms with Crippen LogP contribution in [-0.2, 0) is 9.47 Å². The predicted molar refractivity (Wildman–Crippen MR) is 90.5 cm³/mol. The van der Waals surface area contributed by atoms with Crippen molar-refractivity contribution in [3.05, 3.63) is 35.9 Å². The van der Waals surface area contributed by atoms with E-state index in [0.717, 1.165) is 39.1 Å². The lowest BCUT2D eigenvalue weighted by Gasteiger charge is -2.48. The lowest BCUT2D eigenvalue weighted by Crippen LogP contribution is -2.66. The third kappa shape index (κ3) is 3.31. The first kappa shape index (κ1) is 15.6. The Morgan fingerprint density at radius 2 is 1.87 bits per heavy atom. The molecule has 0 amide bonds. The first-order valence-electron chi connectivity index (χ1n) is 9.10. The van der Waals surface area contributed by atoms with Gasteiger partial charge in [-0.15, -0.1) is 0 Å². The Labute approximate surface area is 139 Å². The molecular formula is C19H28N2O2. The van der Waals surface area contributed by atoms with Crippen molar-refractivity contribution in [1.82, 2.24) is 10.2 Å². The van der Waals surface area contributed by atoms with Crippen LogP contribution in [0.4, 0.5) is 0 Å². The molecule has 4 heteroatoms. The van der Waals surface area contributed by atoms with Gasteiger partial charge in [0.25, 0.3) is 0 Å². The molecule has 3 aliphatic rings. The SMILES string of the molecule is c1ccc(C2CCC(CNCC3(N4CCCC4)COC3)O2)cc1. The summed E-state index contributed by atoms with van der Waals surface area (Å²) in [4.78, 5) is 2.63. The largest absolute Gasteiger partial charge is 0.377 e. The summed E-state index contributed by atoms with van der Waals surface area (Å²) in [5, 5.41) is 3.67. The van der Waals surface area contributed by atoms with Crippen LogP contribution in [0.3, 0.4) is 0 Å². The van der Waals surface area contributed by atoms with Gasteiger partial charge >= 0.3 is 0 Å². The summed E-state index contributed by atoms with van der Waals surface area (Å²) in [5.74, 6) is 0. The molecule has 0 aromatic heterocycles. The third-order valence-corrected chi connectivity index (χ3v) is 5.62. The molecule has 126 valence electrons. The summed E-state index contributed by atoms with van der Waals surface area (Å²) in [5.41, 5.74) is 1.57. The van der Waals surface area contributed by atoms with Crippen LogP contribution in [0.5, 0.6) is 0 Å². The van der Waals surface area contributed by atoms with Crippen LogP contribution < -0.4 is 5.32 Å². The molecule has 0 aliphatic carbocycles. The Hall–Kier alpha value is -0.940. The molecule has 2 atom stereocenters. The molecule has 3 saturated heterocycles. The molecule has 4 rings (SSSR count). The summed E-state index contributed by atoms with van der Waals surface area (Å²) < 4.78 is 11.8. The molecule has 3 fully saturated rings. The van der Waals surface area contributed by atoms with E-state index in [9.17, 15) is 0 Å². The van der Waals surface area contributed by atoms with Crippen molar-refractivity contribution in [1.29, 1.82) is 0 Å². The zero-order valence-corrected chi connectivity index (χ0v) is 13.9. The van der Waals surface area contributed by atoms with Gasteiger partial charge in [-0.2, -0.15) is 0 Å². The number of ether oxygens (including phenoxy) is 2. The summed E-state index contributed by atoms with van der Waals surface area (Å²) in [6.45, 7) is 6.24. The predicted octanol–water partition coefficient (Wildman–Crippen LogP) is 2.36. The molecule has 3 aliphatic heterocycles. The molecule has 1 aromatic rings. The highest BCUT2D eigenvalue weighted by Gasteiger charge is 2.44. The fraction of sp³-hybridized carbons (Fsp3) is 0.684. The van der Waals surface area contributed by atoms with Crippen molar-refractivity contribution in [3.8, 4) is 0 Å². The maximum absolute atomic E-state index is 6.23. The number of hydrogen-bond acceptors (Lipinski definition) is 4. The lowest BCUT2D eigenvalue weighted by molar-refractivity contribution is -0.132. The van der Waals surface area contributed by atoms with E-state index in [2.05, 4.69) is 40.5 Å². The topological polar surface area (TPSA) is 33.7 Å². The molecular weight excluding hydrogens is 288 g/mol. The molecule has 1 aromatic carbocycles. The van der Waals surface area contributed by atoms with Crippen LogP contribution in [0.2, 0.25) is 0 Å². The highest BCUT2D eigenvalue weighted by molar-refractivity contribution is 5.18. The summed E-state index contributed by atoms with van der Waals surface area (Å²) in [6, 6.07) is 10.6. The second-order valence-corrected chi connectivity index (χ2v) is 7.28. The third-order valence-electron chi connectivity index (χ3n) is 5.62. The van der Waals surface area contributed by atoms with E-state index >= 15 is 0 Å². The molecule has 23 heavy (non-hydrogen) atoms. The number of nitrogens with zero attached hydrogens (tertiary/aromatic N) is 1. The van der Waals surface area contributed by atoms with Gasteiger partial charge in [-0.25, -0.2) is 0 Å². The zero-order valence-electron chi connectivity index (χ0n) is 13.9. The Kier molecular flexibility index (Phi) is 4.67. The van der Waals surface area contributed by atoms with E-state index in [1.54, 1.807) is 0 Å². The van der Waals surface area contributed by atoms with Crippen LogP contribution in [0, 0.1) is 0 Å². The highest BCUT2D eigenvalue weighted by atomic mass is 16.5. The van der Waals surface area contributed by atoms with Crippen molar-refractivity contribution in [2.75, 3.05) is 39.4 Å². The monoisotopic (exact) mass is 316 g/mol. The maximum atomic E-state index is 6.23. The fourth-order valence-electron chi connectivity index (χ4n) is 4.16. The molecule has 1 N–H and O–H groups in total. The van der Waals surface area contributed by atoms with Gasteiger partial charge in [0.15, 0.2) is 0 Å². The second kappa shape index (κ2) is 6.89. The van der Waals surface area contributed by atoms with E-state index in [0.29, 0.717) is 6.10 Å². The highest BCUT2D eigenvalue weighted by Crippen LogP contribution is 2.32. The van der Waals surface area contributed by atoms with Gasteiger partial charge in [-0.05, 0) is 44.3 Å². The lowest BCUT2D eigenvalue weighted by atomic mass is 9.95. The van der Waals surface area contributed by atoms with Gasteiger partial charge in [0.05, 0.1) is 31.0 Å². The van der Waals surface area contributed by atoms with E-state index in [1.807, 2.05) is 0 Å². The van der Waals surface area contributed by atoms with E-state index < -0.39 is 0 Å². The van der Waals surface area contributed by atoms with Crippen LogP contribution >= 0.6 is 0 Å². The van der Waals surface area contributed by atoms with Gasteiger partial charge in [-0.1, -0.05) is 30.3 Å². The number of likely N-dealkylation sites (tertiary alicyclic amines) is 1. The Morgan fingerprint density at radius 3 is 2.57 bits per heavy atom. The van der Waals surface area contributed by atoms with Gasteiger partial charge in [0.1, 0.15) is 0 Å². The van der Waals surface area contributed by atoms with E-state index in [-0.39, 0.29) is 11.6 Å². The van der Waals surface area contributed by atoms with Crippen LogP contribution in [0.1, 0.15) is 37.4 Å². The Balaban J connectivity index is 1.24. The molecule has 0 bridgehead atoms. The molecule has 4 nitrogen and oxygen atoms in total. The standard InChI is InChI=1S/C19H28N2O2/c1-2-6-16(7-3-1)18-9-8-17(23-18)12-20-13-19(14-22-15-19)21-10-4-5-11-21/h1-3,6-7,17-18,20H,4-5,8-15H2. The quantitative estimate of drug-likeness (QED) is 0.873. The molecule has 0 radical (unpaired) electrons. The number of benzene rings is 1. The summed E-state index contributed by atoms with van der Waals surface area (Å²) in [7, 11) is 0. The minimum absolute atomic E-state index is 0.258. The summed E-state index contributed by atoms with van der Waals surface area (Å²) >= 11 is 0. The minimum atomic E-state index is 0.258. The van der Waals surface area contributed by atoms with E-state index in [1.165, 1.54) is 31.5 Å². The van der Waals surface area contributed by atoms with Crippen LogP contribution in [0.25, 0.3) is 0 Å². The van der Waals surface area contributed by atoms with Crippen molar-refractivity contribution >= 4 is 0 Å². The fourth-order valence-corrected chi connectivity index (χ4v) is 4.16. The van der Waals surface area contributed by atoms with Crippen molar-refractivity contribution in [3.63, 3.8) is 0 Å². The Morgan fingerprint density at radius 1 is 1.09 bits per heavy atom. The van der Waals surface area contributed by atoms with Crippen LogP contribution in [-0.4, -0.2) is 55.9 Å². The normalized spacial score (nSPS) is 30.4. The number of nitrogens with one attached hydrogen (secondary N) is 1. The average molecular weight is 316 g/mol. The van der Waals surface area contributed by atoms with E-state index in [4.69, 9.17) is 9.47 Å². The zero-order chi connectivity index (χ0) is 15.5. The van der Waals surface area contributed by atoms with Crippen molar-refractivity contribution < 1.29 is 9.47 Å². The van der Waals surface area contributed by atoms with Crippen LogP contribution in [0.15, 0.2) is 30.3 Å². The summed E-state index contributed by atoms with van der Waals surface area (Å²) in [6.07, 6.45) is 5.59. The first-order chi connectivity index (χ1) is 11.4. The second-order valence-electron chi connectivity index (χ2n) is 7.28. The maximum Gasteiger partial charge on any atom is 0.0830 e. The van der Waals surface area contributed by atoms with Gasteiger partial charge in [-0.3, -0.25) is 4.90 Å². The van der Waals surface area contributed by atoms with Crippen molar-refractivity contribution in [2.45, 2.75) is 43.4 Å². The van der Waals surface area contributed by atoms with Gasteiger partial charge in [0.2, 0.25) is 0 Å². The first-order valence-corrected chi connectivity index (χ1v) is 9.10. The van der Waals surface area contributed by atoms with Crippen molar-refractivity contribution in [2.24, 2.45) is 0 Å². The smallest absolute Gasteiger partial charge is 0.0830 e. The number of hydrogen-bond donors (Lipinski definition) is 1. The molecule has 3 heterocycles. The molecule has 0 spiro atoms. The Bertz CT molecular complexity index is 497. The van der Waals surface area contributed by atoms with Gasteiger partial charge in [0, 0.05) is 13.1 Å². The van der Waals surface area contributed by atoms with Gasteiger partial charge < -0.3 is 14.8 Å². The molecule has 2 unspecified atom stereocenters.